The van der Waals surface area contributed by atoms with Crippen molar-refractivity contribution in [2.75, 3.05) is 0 Å². The molecule has 0 saturated carbocycles. The van der Waals surface area contributed by atoms with Crippen LogP contribution in [-0.2, 0) is 12.8 Å². The largest absolute Gasteiger partial charge is 0.241 e. The Morgan fingerprint density at radius 3 is 2.28 bits per heavy atom. The lowest BCUT2D eigenvalue weighted by molar-refractivity contribution is 0.912. The molecule has 0 N–H and O–H groups in total. The molecule has 3 rings (SSSR count). The Kier molecular flexibility index (Phi) is 7.66. The van der Waals surface area contributed by atoms with Crippen molar-refractivity contribution in [2.24, 2.45) is 0 Å². The van der Waals surface area contributed by atoms with E-state index in [4.69, 9.17) is 15.5 Å². The number of nitriles is 2. The molecule has 4 nitrogen and oxygen atoms in total. The van der Waals surface area contributed by atoms with Gasteiger partial charge in [0.1, 0.15) is 5.82 Å². The zero-order chi connectivity index (χ0) is 19.9. The van der Waals surface area contributed by atoms with Gasteiger partial charge in [0.2, 0.25) is 0 Å². The second kappa shape index (κ2) is 10.2. The lowest BCUT2D eigenvalue weighted by atomic mass is 9.95. The number of hydrogen-bond acceptors (Lipinski definition) is 4. The molecule has 0 spiro atoms. The Morgan fingerprint density at radius 2 is 1.66 bits per heavy atom. The predicted molar refractivity (Wildman–Crippen MR) is 117 cm³/mol. The first kappa shape index (κ1) is 21.8. The maximum atomic E-state index is 8.91. The van der Waals surface area contributed by atoms with Crippen LogP contribution in [0.15, 0.2) is 54.7 Å². The number of aromatic nitrogens is 2. The van der Waals surface area contributed by atoms with Gasteiger partial charge in [-0.25, -0.2) is 9.97 Å². The molecule has 29 heavy (non-hydrogen) atoms. The molecule has 0 aliphatic heterocycles. The Labute approximate surface area is 177 Å². The number of allylic oxidation sites excluding steroid dienone is 1. The summed E-state index contributed by atoms with van der Waals surface area (Å²) in [7, 11) is 0. The maximum Gasteiger partial charge on any atom is 0.132 e. The zero-order valence-corrected chi connectivity index (χ0v) is 17.2. The van der Waals surface area contributed by atoms with Crippen LogP contribution in [-0.4, -0.2) is 9.97 Å². The molecule has 0 saturated heterocycles. The van der Waals surface area contributed by atoms with E-state index in [1.165, 1.54) is 22.8 Å². The number of benzene rings is 2. The van der Waals surface area contributed by atoms with Crippen molar-refractivity contribution in [1.29, 1.82) is 10.5 Å². The highest BCUT2D eigenvalue weighted by molar-refractivity contribution is 5.85. The minimum atomic E-state index is 0. The SMILES string of the molecule is Cc1cc(/C=C\C#N)cc(C)c1Cc1ccnc(Cc2ccc(C#N)cc2)n1.Cl. The Bertz CT molecular complexity index is 1080. The monoisotopic (exact) mass is 400 g/mol. The van der Waals surface area contributed by atoms with Gasteiger partial charge in [-0.05, 0) is 65.9 Å². The molecule has 2 aromatic carbocycles. The van der Waals surface area contributed by atoms with Crippen LogP contribution < -0.4 is 0 Å². The van der Waals surface area contributed by atoms with Gasteiger partial charge in [-0.1, -0.05) is 24.3 Å². The van der Waals surface area contributed by atoms with Gasteiger partial charge >= 0.3 is 0 Å². The highest BCUT2D eigenvalue weighted by Crippen LogP contribution is 2.21. The Balaban J connectivity index is 0.00000300. The van der Waals surface area contributed by atoms with E-state index < -0.39 is 0 Å². The van der Waals surface area contributed by atoms with Crippen LogP contribution >= 0.6 is 12.4 Å². The standard InChI is InChI=1S/C24H20N4.ClH/c1-17-12-21(4-3-10-25)13-18(2)23(17)15-22-9-11-27-24(28-22)14-19-5-7-20(16-26)8-6-19;/h3-9,11-13H,14-15H2,1-2H3;1H/b4-3-;. The topological polar surface area (TPSA) is 73.4 Å². The molecule has 0 amide bonds. The summed E-state index contributed by atoms with van der Waals surface area (Å²) in [4.78, 5) is 9.12. The third-order valence-corrected chi connectivity index (χ3v) is 4.63. The zero-order valence-electron chi connectivity index (χ0n) is 16.4. The number of nitrogens with zero attached hydrogens (tertiary/aromatic N) is 4. The molecule has 0 bridgehead atoms. The van der Waals surface area contributed by atoms with Gasteiger partial charge in [-0.2, -0.15) is 10.5 Å². The van der Waals surface area contributed by atoms with Gasteiger partial charge in [0.25, 0.3) is 0 Å². The third kappa shape index (κ3) is 5.75. The first-order valence-corrected chi connectivity index (χ1v) is 9.05. The minimum absolute atomic E-state index is 0. The van der Waals surface area contributed by atoms with Crippen LogP contribution in [0.25, 0.3) is 6.08 Å². The minimum Gasteiger partial charge on any atom is -0.241 e. The fourth-order valence-corrected chi connectivity index (χ4v) is 3.22. The highest BCUT2D eigenvalue weighted by Gasteiger charge is 2.08. The predicted octanol–water partition coefficient (Wildman–Crippen LogP) is 5.11. The van der Waals surface area contributed by atoms with Crippen molar-refractivity contribution in [1.82, 2.24) is 9.97 Å². The van der Waals surface area contributed by atoms with Gasteiger partial charge < -0.3 is 0 Å². The summed E-state index contributed by atoms with van der Waals surface area (Å²) in [6, 6.07) is 17.8. The maximum absolute atomic E-state index is 8.91. The Hall–Kier alpha value is -3.47. The molecule has 144 valence electrons. The van der Waals surface area contributed by atoms with E-state index in [0.717, 1.165) is 29.1 Å². The van der Waals surface area contributed by atoms with Crippen LogP contribution in [0, 0.1) is 36.5 Å². The molecule has 0 atom stereocenters. The fraction of sp³-hybridized carbons (Fsp3) is 0.167. The lowest BCUT2D eigenvalue weighted by Crippen LogP contribution is -2.03. The fourth-order valence-electron chi connectivity index (χ4n) is 3.22. The number of aryl methyl sites for hydroxylation is 2. The van der Waals surface area contributed by atoms with Crippen molar-refractivity contribution in [3.8, 4) is 12.1 Å². The van der Waals surface area contributed by atoms with Crippen LogP contribution in [0.3, 0.4) is 0 Å². The van der Waals surface area contributed by atoms with Gasteiger partial charge in [-0.3, -0.25) is 0 Å². The molecule has 1 heterocycles. The summed E-state index contributed by atoms with van der Waals surface area (Å²) >= 11 is 0. The van der Waals surface area contributed by atoms with Crippen LogP contribution in [0.2, 0.25) is 0 Å². The number of rotatable bonds is 5. The van der Waals surface area contributed by atoms with E-state index in [1.54, 1.807) is 6.20 Å². The van der Waals surface area contributed by atoms with Crippen LogP contribution in [0.4, 0.5) is 0 Å². The van der Waals surface area contributed by atoms with E-state index in [9.17, 15) is 0 Å². The lowest BCUT2D eigenvalue weighted by Gasteiger charge is -2.12. The second-order valence-electron chi connectivity index (χ2n) is 6.72. The first-order valence-electron chi connectivity index (χ1n) is 9.05. The smallest absolute Gasteiger partial charge is 0.132 e. The van der Waals surface area contributed by atoms with E-state index in [2.05, 4.69) is 37.0 Å². The molecule has 0 aliphatic rings. The van der Waals surface area contributed by atoms with E-state index >= 15 is 0 Å². The molecule has 0 aliphatic carbocycles. The molecule has 0 radical (unpaired) electrons. The average Bonchev–Trinajstić information content (AvgIpc) is 2.70. The number of hydrogen-bond donors (Lipinski definition) is 0. The summed E-state index contributed by atoms with van der Waals surface area (Å²) in [5.41, 5.74) is 7.36. The normalized spacial score (nSPS) is 10.2. The second-order valence-corrected chi connectivity index (χ2v) is 6.72. The molecule has 1 aromatic heterocycles. The first-order chi connectivity index (χ1) is 13.6. The van der Waals surface area contributed by atoms with Gasteiger partial charge in [0, 0.05) is 30.8 Å². The quantitative estimate of drug-likeness (QED) is 0.558. The Morgan fingerprint density at radius 1 is 0.966 bits per heavy atom. The summed E-state index contributed by atoms with van der Waals surface area (Å²) in [5.74, 6) is 0.770. The molecule has 0 fully saturated rings. The summed E-state index contributed by atoms with van der Waals surface area (Å²) < 4.78 is 0. The molecule has 3 aromatic rings. The average molecular weight is 401 g/mol. The van der Waals surface area contributed by atoms with Gasteiger partial charge in [0.15, 0.2) is 0 Å². The van der Waals surface area contributed by atoms with Crippen molar-refractivity contribution < 1.29 is 0 Å². The summed E-state index contributed by atoms with van der Waals surface area (Å²) in [6.45, 7) is 4.18. The van der Waals surface area contributed by atoms with E-state index in [-0.39, 0.29) is 12.4 Å². The summed E-state index contributed by atoms with van der Waals surface area (Å²) in [5, 5.41) is 17.6. The van der Waals surface area contributed by atoms with Crippen molar-refractivity contribution in [2.45, 2.75) is 26.7 Å². The molecular weight excluding hydrogens is 380 g/mol. The van der Waals surface area contributed by atoms with Gasteiger partial charge in [-0.15, -0.1) is 12.4 Å². The van der Waals surface area contributed by atoms with E-state index in [1.807, 2.05) is 42.5 Å². The number of halogens is 1. The molecule has 5 heteroatoms. The van der Waals surface area contributed by atoms with Crippen LogP contribution in [0.1, 0.15) is 44.9 Å². The van der Waals surface area contributed by atoms with Crippen molar-refractivity contribution in [3.05, 3.63) is 99.6 Å². The highest BCUT2D eigenvalue weighted by atomic mass is 35.5. The third-order valence-electron chi connectivity index (χ3n) is 4.63. The van der Waals surface area contributed by atoms with Crippen LogP contribution in [0.5, 0.6) is 0 Å². The summed E-state index contributed by atoms with van der Waals surface area (Å²) in [6.07, 6.45) is 6.49. The molecular formula is C24H21ClN4. The van der Waals surface area contributed by atoms with E-state index in [0.29, 0.717) is 12.0 Å². The van der Waals surface area contributed by atoms with Gasteiger partial charge in [0.05, 0.1) is 17.7 Å². The van der Waals surface area contributed by atoms with Crippen molar-refractivity contribution in [3.63, 3.8) is 0 Å². The molecule has 0 unspecified atom stereocenters. The van der Waals surface area contributed by atoms with Crippen molar-refractivity contribution >= 4 is 18.5 Å².